The van der Waals surface area contributed by atoms with Crippen LogP contribution in [0.1, 0.15) is 20.8 Å². The Hall–Kier alpha value is -1.17. The highest BCUT2D eigenvalue weighted by atomic mass is 16.6. The maximum atomic E-state index is 8.80. The standard InChI is InChI=1S/C7H11NO2/c1-7(2,3)10-6(9)4-5-8/h4,9H,1-3H3. The zero-order chi connectivity index (χ0) is 8.20. The Labute approximate surface area is 60.5 Å². The normalized spacial score (nSPS) is 12.4. The van der Waals surface area contributed by atoms with E-state index in [4.69, 9.17) is 15.1 Å². The molecule has 3 heteroatoms. The number of aliphatic hydroxyl groups excluding tert-OH is 1. The first-order valence-electron chi connectivity index (χ1n) is 2.93. The first kappa shape index (κ1) is 8.83. The average Bonchev–Trinajstić information content (AvgIpc) is 1.59. The smallest absolute Gasteiger partial charge is 0.288 e. The minimum absolute atomic E-state index is 0.338. The van der Waals surface area contributed by atoms with Gasteiger partial charge in [0.05, 0.1) is 12.1 Å². The lowest BCUT2D eigenvalue weighted by molar-refractivity contribution is -0.0141. The summed E-state index contributed by atoms with van der Waals surface area (Å²) in [6.07, 6.45) is 0.950. The highest BCUT2D eigenvalue weighted by Crippen LogP contribution is 2.10. The fourth-order valence-corrected chi connectivity index (χ4v) is 0.398. The van der Waals surface area contributed by atoms with Crippen molar-refractivity contribution in [1.29, 1.82) is 5.26 Å². The van der Waals surface area contributed by atoms with Crippen molar-refractivity contribution >= 4 is 0 Å². The number of aliphatic hydroxyl groups is 1. The van der Waals surface area contributed by atoms with E-state index in [9.17, 15) is 0 Å². The fourth-order valence-electron chi connectivity index (χ4n) is 0.398. The van der Waals surface area contributed by atoms with Crippen molar-refractivity contribution in [2.75, 3.05) is 0 Å². The predicted molar refractivity (Wildman–Crippen MR) is 37.2 cm³/mol. The molecule has 1 N–H and O–H groups in total. The second kappa shape index (κ2) is 3.11. The number of hydrogen-bond acceptors (Lipinski definition) is 3. The summed E-state index contributed by atoms with van der Waals surface area (Å²) in [4.78, 5) is 0. The molecule has 0 rings (SSSR count). The molecule has 3 nitrogen and oxygen atoms in total. The summed E-state index contributed by atoms with van der Waals surface area (Å²) in [5.74, 6) is -0.338. The Kier molecular flexibility index (Phi) is 2.75. The van der Waals surface area contributed by atoms with E-state index < -0.39 is 5.60 Å². The lowest BCUT2D eigenvalue weighted by Gasteiger charge is -2.19. The molecule has 56 valence electrons. The van der Waals surface area contributed by atoms with Crippen LogP contribution >= 0.6 is 0 Å². The zero-order valence-corrected chi connectivity index (χ0v) is 6.38. The van der Waals surface area contributed by atoms with Gasteiger partial charge >= 0.3 is 0 Å². The SMILES string of the molecule is CC(C)(C)OC(O)=CC#N. The molecular formula is C7H11NO2. The number of nitriles is 1. The Morgan fingerprint density at radius 3 is 2.40 bits per heavy atom. The van der Waals surface area contributed by atoms with Crippen molar-refractivity contribution in [3.8, 4) is 6.07 Å². The second-order valence-corrected chi connectivity index (χ2v) is 2.83. The van der Waals surface area contributed by atoms with E-state index in [0.717, 1.165) is 6.08 Å². The molecule has 0 aromatic carbocycles. The van der Waals surface area contributed by atoms with E-state index in [1.54, 1.807) is 26.8 Å². The maximum absolute atomic E-state index is 8.80. The summed E-state index contributed by atoms with van der Waals surface area (Å²) in [6, 6.07) is 1.65. The molecule has 0 aromatic rings. The van der Waals surface area contributed by atoms with Crippen LogP contribution in [0.3, 0.4) is 0 Å². The lowest BCUT2D eigenvalue weighted by Crippen LogP contribution is -2.18. The topological polar surface area (TPSA) is 53.2 Å². The summed E-state index contributed by atoms with van der Waals surface area (Å²) >= 11 is 0. The molecule has 0 saturated carbocycles. The highest BCUT2D eigenvalue weighted by molar-refractivity contribution is 5.02. The van der Waals surface area contributed by atoms with Crippen molar-refractivity contribution in [1.82, 2.24) is 0 Å². The molecule has 0 atom stereocenters. The molecule has 0 heterocycles. The van der Waals surface area contributed by atoms with Gasteiger partial charge < -0.3 is 9.84 Å². The van der Waals surface area contributed by atoms with Gasteiger partial charge in [-0.25, -0.2) is 0 Å². The number of hydrogen-bond donors (Lipinski definition) is 1. The number of nitrogens with zero attached hydrogens (tertiary/aromatic N) is 1. The average molecular weight is 141 g/mol. The van der Waals surface area contributed by atoms with Crippen LogP contribution in [0.2, 0.25) is 0 Å². The van der Waals surface area contributed by atoms with Crippen molar-refractivity contribution in [3.05, 3.63) is 12.0 Å². The summed E-state index contributed by atoms with van der Waals surface area (Å²) in [5.41, 5.74) is -0.447. The summed E-state index contributed by atoms with van der Waals surface area (Å²) < 4.78 is 4.87. The van der Waals surface area contributed by atoms with Gasteiger partial charge in [0.1, 0.15) is 5.60 Å². The Balaban J connectivity index is 3.95. The van der Waals surface area contributed by atoms with Gasteiger partial charge in [-0.3, -0.25) is 0 Å². The van der Waals surface area contributed by atoms with Gasteiger partial charge in [0.2, 0.25) is 0 Å². The van der Waals surface area contributed by atoms with Gasteiger partial charge in [-0.2, -0.15) is 5.26 Å². The first-order chi connectivity index (χ1) is 4.45. The summed E-state index contributed by atoms with van der Waals surface area (Å²) in [6.45, 7) is 5.36. The van der Waals surface area contributed by atoms with E-state index in [1.165, 1.54) is 0 Å². The van der Waals surface area contributed by atoms with Crippen LogP contribution in [0.15, 0.2) is 12.0 Å². The van der Waals surface area contributed by atoms with Crippen LogP contribution in [0, 0.1) is 11.3 Å². The van der Waals surface area contributed by atoms with Crippen LogP contribution in [-0.4, -0.2) is 10.7 Å². The van der Waals surface area contributed by atoms with Crippen LogP contribution in [0.5, 0.6) is 0 Å². The van der Waals surface area contributed by atoms with Crippen LogP contribution in [0.4, 0.5) is 0 Å². The summed E-state index contributed by atoms with van der Waals surface area (Å²) in [7, 11) is 0. The molecule has 0 aromatic heterocycles. The minimum atomic E-state index is -0.447. The molecule has 0 fully saturated rings. The number of ether oxygens (including phenoxy) is 1. The van der Waals surface area contributed by atoms with E-state index in [0.29, 0.717) is 0 Å². The number of rotatable bonds is 1. The number of allylic oxidation sites excluding steroid dienone is 1. The molecular weight excluding hydrogens is 130 g/mol. The third-order valence-corrected chi connectivity index (χ3v) is 0.599. The van der Waals surface area contributed by atoms with Gasteiger partial charge in [0, 0.05) is 0 Å². The van der Waals surface area contributed by atoms with Crippen LogP contribution in [0.25, 0.3) is 0 Å². The van der Waals surface area contributed by atoms with E-state index in [1.807, 2.05) is 0 Å². The maximum Gasteiger partial charge on any atom is 0.288 e. The molecule has 0 unspecified atom stereocenters. The Morgan fingerprint density at radius 2 is 2.10 bits per heavy atom. The largest absolute Gasteiger partial charge is 0.480 e. The van der Waals surface area contributed by atoms with E-state index in [-0.39, 0.29) is 5.95 Å². The van der Waals surface area contributed by atoms with Crippen molar-refractivity contribution in [2.24, 2.45) is 0 Å². The molecule has 0 amide bonds. The third-order valence-electron chi connectivity index (χ3n) is 0.599. The van der Waals surface area contributed by atoms with Gasteiger partial charge in [-0.05, 0) is 20.8 Å². The monoisotopic (exact) mass is 141 g/mol. The van der Waals surface area contributed by atoms with Gasteiger partial charge in [-0.1, -0.05) is 0 Å². The van der Waals surface area contributed by atoms with Crippen molar-refractivity contribution in [3.63, 3.8) is 0 Å². The van der Waals surface area contributed by atoms with Crippen LogP contribution < -0.4 is 0 Å². The molecule has 0 spiro atoms. The van der Waals surface area contributed by atoms with Crippen molar-refractivity contribution < 1.29 is 9.84 Å². The minimum Gasteiger partial charge on any atom is -0.480 e. The van der Waals surface area contributed by atoms with E-state index in [2.05, 4.69) is 0 Å². The molecule has 0 aliphatic heterocycles. The molecule has 0 aliphatic rings. The van der Waals surface area contributed by atoms with Crippen molar-refractivity contribution in [2.45, 2.75) is 26.4 Å². The van der Waals surface area contributed by atoms with E-state index >= 15 is 0 Å². The zero-order valence-electron chi connectivity index (χ0n) is 6.38. The first-order valence-corrected chi connectivity index (χ1v) is 2.93. The lowest BCUT2D eigenvalue weighted by atomic mass is 10.2. The fraction of sp³-hybridized carbons (Fsp3) is 0.571. The molecule has 0 radical (unpaired) electrons. The Bertz CT molecular complexity index is 171. The molecule has 0 bridgehead atoms. The third kappa shape index (κ3) is 4.98. The van der Waals surface area contributed by atoms with Gasteiger partial charge in [-0.15, -0.1) is 0 Å². The molecule has 0 saturated heterocycles. The highest BCUT2D eigenvalue weighted by Gasteiger charge is 2.11. The summed E-state index contributed by atoms with van der Waals surface area (Å²) in [5, 5.41) is 16.9. The van der Waals surface area contributed by atoms with Crippen LogP contribution in [-0.2, 0) is 4.74 Å². The Morgan fingerprint density at radius 1 is 1.60 bits per heavy atom. The van der Waals surface area contributed by atoms with Gasteiger partial charge in [0.15, 0.2) is 0 Å². The quantitative estimate of drug-likeness (QED) is 0.447. The second-order valence-electron chi connectivity index (χ2n) is 2.83. The van der Waals surface area contributed by atoms with Gasteiger partial charge in [0.25, 0.3) is 5.95 Å². The predicted octanol–water partition coefficient (Wildman–Crippen LogP) is 1.72. The molecule has 0 aliphatic carbocycles. The molecule has 10 heavy (non-hydrogen) atoms.